The fourth-order valence-corrected chi connectivity index (χ4v) is 2.06. The zero-order valence-electron chi connectivity index (χ0n) is 8.69. The standard InChI is InChI=1S/C11H17NO2/c1-7-3-4-14-11(7)10(12)9-6-13-5-8(9)2/h5-7,10-11H,3-4,12H2,1-2H3. The van der Waals surface area contributed by atoms with Crippen LogP contribution in [-0.2, 0) is 4.74 Å². The second-order valence-electron chi connectivity index (χ2n) is 4.14. The highest BCUT2D eigenvalue weighted by Crippen LogP contribution is 2.31. The molecule has 0 saturated carbocycles. The molecule has 0 aliphatic carbocycles. The summed E-state index contributed by atoms with van der Waals surface area (Å²) in [6, 6.07) is -0.0498. The minimum absolute atomic E-state index is 0.0498. The lowest BCUT2D eigenvalue weighted by molar-refractivity contribution is 0.0722. The van der Waals surface area contributed by atoms with Crippen molar-refractivity contribution >= 4 is 0 Å². The number of furan rings is 1. The Kier molecular flexibility index (Phi) is 2.61. The monoisotopic (exact) mass is 195 g/mol. The maximum Gasteiger partial charge on any atom is 0.0954 e. The van der Waals surface area contributed by atoms with Gasteiger partial charge in [-0.3, -0.25) is 0 Å². The second kappa shape index (κ2) is 3.75. The molecular weight excluding hydrogens is 178 g/mol. The van der Waals surface area contributed by atoms with Crippen LogP contribution in [0.3, 0.4) is 0 Å². The van der Waals surface area contributed by atoms with Gasteiger partial charge < -0.3 is 14.9 Å². The van der Waals surface area contributed by atoms with Gasteiger partial charge in [-0.15, -0.1) is 0 Å². The summed E-state index contributed by atoms with van der Waals surface area (Å²) in [6.45, 7) is 5.03. The summed E-state index contributed by atoms with van der Waals surface area (Å²) in [4.78, 5) is 0. The van der Waals surface area contributed by atoms with E-state index in [2.05, 4.69) is 6.92 Å². The first kappa shape index (κ1) is 9.74. The van der Waals surface area contributed by atoms with Gasteiger partial charge >= 0.3 is 0 Å². The van der Waals surface area contributed by atoms with Crippen molar-refractivity contribution < 1.29 is 9.15 Å². The Morgan fingerprint density at radius 2 is 2.29 bits per heavy atom. The molecule has 0 bridgehead atoms. The van der Waals surface area contributed by atoms with E-state index in [4.69, 9.17) is 14.9 Å². The van der Waals surface area contributed by atoms with Gasteiger partial charge in [-0.05, 0) is 24.8 Å². The first-order valence-electron chi connectivity index (χ1n) is 5.10. The van der Waals surface area contributed by atoms with E-state index in [0.29, 0.717) is 5.92 Å². The van der Waals surface area contributed by atoms with Crippen LogP contribution in [0.1, 0.15) is 30.5 Å². The minimum Gasteiger partial charge on any atom is -0.472 e. The van der Waals surface area contributed by atoms with Crippen molar-refractivity contribution in [3.63, 3.8) is 0 Å². The van der Waals surface area contributed by atoms with Crippen molar-refractivity contribution in [3.8, 4) is 0 Å². The maximum atomic E-state index is 6.15. The van der Waals surface area contributed by atoms with Crippen molar-refractivity contribution in [2.75, 3.05) is 6.61 Å². The maximum absolute atomic E-state index is 6.15. The van der Waals surface area contributed by atoms with Crippen molar-refractivity contribution in [2.45, 2.75) is 32.4 Å². The molecule has 78 valence electrons. The summed E-state index contributed by atoms with van der Waals surface area (Å²) in [5.41, 5.74) is 8.34. The van der Waals surface area contributed by atoms with Crippen LogP contribution in [0.5, 0.6) is 0 Å². The smallest absolute Gasteiger partial charge is 0.0954 e. The van der Waals surface area contributed by atoms with Crippen LogP contribution in [0, 0.1) is 12.8 Å². The Morgan fingerprint density at radius 1 is 1.50 bits per heavy atom. The van der Waals surface area contributed by atoms with E-state index >= 15 is 0 Å². The molecule has 2 heterocycles. The summed E-state index contributed by atoms with van der Waals surface area (Å²) < 4.78 is 10.8. The molecule has 1 aromatic rings. The van der Waals surface area contributed by atoms with Crippen molar-refractivity contribution in [3.05, 3.63) is 23.7 Å². The Hall–Kier alpha value is -0.800. The van der Waals surface area contributed by atoms with E-state index in [1.54, 1.807) is 12.5 Å². The summed E-state index contributed by atoms with van der Waals surface area (Å²) in [5.74, 6) is 0.541. The van der Waals surface area contributed by atoms with Crippen LogP contribution in [0.25, 0.3) is 0 Å². The molecule has 1 saturated heterocycles. The van der Waals surface area contributed by atoms with Crippen LogP contribution < -0.4 is 5.73 Å². The average Bonchev–Trinajstić information content (AvgIpc) is 2.73. The number of rotatable bonds is 2. The number of hydrogen-bond donors (Lipinski definition) is 1. The van der Waals surface area contributed by atoms with Gasteiger partial charge in [0.15, 0.2) is 0 Å². The summed E-state index contributed by atoms with van der Waals surface area (Å²) in [6.07, 6.45) is 4.71. The topological polar surface area (TPSA) is 48.4 Å². The third-order valence-corrected chi connectivity index (χ3v) is 3.05. The highest BCUT2D eigenvalue weighted by molar-refractivity contribution is 5.24. The fourth-order valence-electron chi connectivity index (χ4n) is 2.06. The molecule has 2 N–H and O–H groups in total. The van der Waals surface area contributed by atoms with Crippen molar-refractivity contribution in [1.82, 2.24) is 0 Å². The lowest BCUT2D eigenvalue weighted by Gasteiger charge is -2.21. The Morgan fingerprint density at radius 3 is 2.79 bits per heavy atom. The first-order valence-corrected chi connectivity index (χ1v) is 5.10. The van der Waals surface area contributed by atoms with Crippen LogP contribution >= 0.6 is 0 Å². The molecule has 1 aliphatic rings. The van der Waals surface area contributed by atoms with E-state index in [1.165, 1.54) is 0 Å². The Balaban J connectivity index is 2.15. The molecule has 0 radical (unpaired) electrons. The zero-order chi connectivity index (χ0) is 10.1. The van der Waals surface area contributed by atoms with Gasteiger partial charge in [0.2, 0.25) is 0 Å². The average molecular weight is 195 g/mol. The molecule has 0 aromatic carbocycles. The number of hydrogen-bond acceptors (Lipinski definition) is 3. The van der Waals surface area contributed by atoms with Gasteiger partial charge in [-0.25, -0.2) is 0 Å². The number of ether oxygens (including phenoxy) is 1. The van der Waals surface area contributed by atoms with Gasteiger partial charge in [0.05, 0.1) is 24.7 Å². The highest BCUT2D eigenvalue weighted by Gasteiger charge is 2.31. The second-order valence-corrected chi connectivity index (χ2v) is 4.14. The Labute approximate surface area is 84.2 Å². The normalized spacial score (nSPS) is 29.4. The lowest BCUT2D eigenvalue weighted by Crippen LogP contribution is -2.29. The Bertz CT molecular complexity index is 308. The zero-order valence-corrected chi connectivity index (χ0v) is 8.69. The molecule has 14 heavy (non-hydrogen) atoms. The summed E-state index contributed by atoms with van der Waals surface area (Å²) in [7, 11) is 0. The van der Waals surface area contributed by atoms with Gasteiger partial charge in [0.1, 0.15) is 0 Å². The molecule has 0 spiro atoms. The van der Waals surface area contributed by atoms with E-state index in [0.717, 1.165) is 24.2 Å². The predicted molar refractivity (Wildman–Crippen MR) is 53.9 cm³/mol. The molecule has 1 aromatic heterocycles. The number of nitrogens with two attached hydrogens (primary N) is 1. The number of aryl methyl sites for hydroxylation is 1. The molecule has 3 nitrogen and oxygen atoms in total. The summed E-state index contributed by atoms with van der Waals surface area (Å²) in [5, 5.41) is 0. The fraction of sp³-hybridized carbons (Fsp3) is 0.636. The molecule has 3 atom stereocenters. The lowest BCUT2D eigenvalue weighted by atomic mass is 9.93. The van der Waals surface area contributed by atoms with Crippen LogP contribution in [0.4, 0.5) is 0 Å². The van der Waals surface area contributed by atoms with Gasteiger partial charge in [0, 0.05) is 12.2 Å². The van der Waals surface area contributed by atoms with Crippen molar-refractivity contribution in [1.29, 1.82) is 0 Å². The quantitative estimate of drug-likeness (QED) is 0.785. The summed E-state index contributed by atoms with van der Waals surface area (Å²) >= 11 is 0. The molecule has 0 amide bonds. The third-order valence-electron chi connectivity index (χ3n) is 3.05. The molecular formula is C11H17NO2. The molecule has 1 fully saturated rings. The van der Waals surface area contributed by atoms with E-state index in [1.807, 2.05) is 6.92 Å². The van der Waals surface area contributed by atoms with E-state index in [-0.39, 0.29) is 12.1 Å². The third kappa shape index (κ3) is 1.57. The minimum atomic E-state index is -0.0498. The molecule has 2 rings (SSSR count). The molecule has 3 heteroatoms. The van der Waals surface area contributed by atoms with E-state index in [9.17, 15) is 0 Å². The largest absolute Gasteiger partial charge is 0.472 e. The van der Waals surface area contributed by atoms with Crippen molar-refractivity contribution in [2.24, 2.45) is 11.7 Å². The molecule has 1 aliphatic heterocycles. The molecule has 3 unspecified atom stereocenters. The van der Waals surface area contributed by atoms with E-state index < -0.39 is 0 Å². The van der Waals surface area contributed by atoms with Gasteiger partial charge in [-0.2, -0.15) is 0 Å². The highest BCUT2D eigenvalue weighted by atomic mass is 16.5. The van der Waals surface area contributed by atoms with Gasteiger partial charge in [-0.1, -0.05) is 6.92 Å². The first-order chi connectivity index (χ1) is 6.70. The van der Waals surface area contributed by atoms with Crippen LogP contribution in [-0.4, -0.2) is 12.7 Å². The van der Waals surface area contributed by atoms with Crippen LogP contribution in [0.15, 0.2) is 16.9 Å². The predicted octanol–water partition coefficient (Wildman–Crippen LogP) is 2.01. The SMILES string of the molecule is Cc1cocc1C(N)C1OCCC1C. The van der Waals surface area contributed by atoms with Gasteiger partial charge in [0.25, 0.3) is 0 Å². The van der Waals surface area contributed by atoms with Crippen LogP contribution in [0.2, 0.25) is 0 Å².